The lowest BCUT2D eigenvalue weighted by atomic mass is 10.1. The molecule has 1 saturated heterocycles. The van der Waals surface area contributed by atoms with Crippen LogP contribution < -0.4 is 19.5 Å². The standard InChI is InChI=1S/C25H28N4O5S/c1-28-9-11-29(12-10-28)24(31)17-6-7-18-21(15-17)35-25(26-18)27-22(30)8-5-16-13-19(32-2)23(34-4)20(14-16)33-3/h5-8,13-15H,9-12H2,1-4H3,(H,26,27,30)/b8-5+. The summed E-state index contributed by atoms with van der Waals surface area (Å²) in [6, 6.07) is 8.95. The molecule has 0 saturated carbocycles. The van der Waals surface area contributed by atoms with Crippen molar-refractivity contribution in [1.29, 1.82) is 0 Å². The lowest BCUT2D eigenvalue weighted by Gasteiger charge is -2.32. The molecule has 3 aromatic rings. The molecule has 1 N–H and O–H groups in total. The molecule has 0 spiro atoms. The number of anilines is 1. The Morgan fingerprint density at radius 2 is 1.69 bits per heavy atom. The Labute approximate surface area is 207 Å². The summed E-state index contributed by atoms with van der Waals surface area (Å²) in [5, 5.41) is 3.25. The van der Waals surface area contributed by atoms with Gasteiger partial charge in [0, 0.05) is 37.8 Å². The number of likely N-dealkylation sites (N-methyl/N-ethyl adjacent to an activating group) is 1. The molecule has 2 heterocycles. The van der Waals surface area contributed by atoms with Crippen LogP contribution in [-0.2, 0) is 4.79 Å². The number of hydrogen-bond acceptors (Lipinski definition) is 8. The van der Waals surface area contributed by atoms with Crippen molar-refractivity contribution in [3.05, 3.63) is 47.5 Å². The van der Waals surface area contributed by atoms with Gasteiger partial charge < -0.3 is 24.0 Å². The molecule has 1 fully saturated rings. The van der Waals surface area contributed by atoms with Gasteiger partial charge in [-0.25, -0.2) is 4.98 Å². The van der Waals surface area contributed by atoms with Crippen molar-refractivity contribution < 1.29 is 23.8 Å². The van der Waals surface area contributed by atoms with Gasteiger partial charge in [-0.3, -0.25) is 14.9 Å². The summed E-state index contributed by atoms with van der Waals surface area (Å²) < 4.78 is 16.9. The van der Waals surface area contributed by atoms with Crippen molar-refractivity contribution >= 4 is 44.6 Å². The summed E-state index contributed by atoms with van der Waals surface area (Å²) in [6.07, 6.45) is 3.06. The number of amides is 2. The van der Waals surface area contributed by atoms with E-state index in [1.165, 1.54) is 38.7 Å². The number of nitrogens with zero attached hydrogens (tertiary/aromatic N) is 3. The van der Waals surface area contributed by atoms with Gasteiger partial charge in [0.05, 0.1) is 31.5 Å². The molecule has 0 radical (unpaired) electrons. The SMILES string of the molecule is COc1cc(/C=C/C(=O)Nc2nc3ccc(C(=O)N4CCN(C)CC4)cc3s2)cc(OC)c1OC. The van der Waals surface area contributed by atoms with Crippen molar-refractivity contribution in [3.8, 4) is 17.2 Å². The van der Waals surface area contributed by atoms with E-state index in [9.17, 15) is 9.59 Å². The zero-order valence-electron chi connectivity index (χ0n) is 20.2. The molecule has 1 aromatic heterocycles. The molecule has 1 aliphatic rings. The van der Waals surface area contributed by atoms with E-state index in [2.05, 4.69) is 22.2 Å². The fraction of sp³-hybridized carbons (Fsp3) is 0.320. The maximum absolute atomic E-state index is 12.9. The molecule has 2 aromatic carbocycles. The van der Waals surface area contributed by atoms with E-state index in [4.69, 9.17) is 14.2 Å². The van der Waals surface area contributed by atoms with Crippen LogP contribution in [0.4, 0.5) is 5.13 Å². The molecule has 9 nitrogen and oxygen atoms in total. The van der Waals surface area contributed by atoms with E-state index < -0.39 is 0 Å². The van der Waals surface area contributed by atoms with Crippen LogP contribution in [0, 0.1) is 0 Å². The third-order valence-corrected chi connectivity index (χ3v) is 6.70. The maximum atomic E-state index is 12.9. The first-order valence-electron chi connectivity index (χ1n) is 11.1. The Bertz CT molecular complexity index is 1240. The first kappa shape index (κ1) is 24.5. The minimum Gasteiger partial charge on any atom is -0.493 e. The summed E-state index contributed by atoms with van der Waals surface area (Å²) >= 11 is 1.33. The van der Waals surface area contributed by atoms with Gasteiger partial charge in [0.25, 0.3) is 5.91 Å². The van der Waals surface area contributed by atoms with Gasteiger partial charge in [0.1, 0.15) is 0 Å². The van der Waals surface area contributed by atoms with Crippen LogP contribution in [0.3, 0.4) is 0 Å². The minimum absolute atomic E-state index is 0.0206. The molecule has 2 amide bonds. The van der Waals surface area contributed by atoms with Gasteiger partial charge in [-0.1, -0.05) is 11.3 Å². The summed E-state index contributed by atoms with van der Waals surface area (Å²) in [4.78, 5) is 33.9. The smallest absolute Gasteiger partial charge is 0.253 e. The summed E-state index contributed by atoms with van der Waals surface area (Å²) in [5.41, 5.74) is 2.07. The average molecular weight is 497 g/mol. The molecule has 0 atom stereocenters. The molecule has 1 aliphatic heterocycles. The molecule has 184 valence electrons. The highest BCUT2D eigenvalue weighted by Gasteiger charge is 2.21. The van der Waals surface area contributed by atoms with Gasteiger partial charge in [0.15, 0.2) is 16.6 Å². The minimum atomic E-state index is -0.327. The summed E-state index contributed by atoms with van der Waals surface area (Å²) in [7, 11) is 6.66. The zero-order valence-corrected chi connectivity index (χ0v) is 21.0. The number of ether oxygens (including phenoxy) is 3. The second-order valence-electron chi connectivity index (χ2n) is 8.08. The Balaban J connectivity index is 1.45. The van der Waals surface area contributed by atoms with Crippen molar-refractivity contribution in [2.24, 2.45) is 0 Å². The quantitative estimate of drug-likeness (QED) is 0.502. The lowest BCUT2D eigenvalue weighted by Crippen LogP contribution is -2.47. The first-order valence-corrected chi connectivity index (χ1v) is 11.9. The molecular weight excluding hydrogens is 468 g/mol. The van der Waals surface area contributed by atoms with Gasteiger partial charge >= 0.3 is 0 Å². The second kappa shape index (κ2) is 10.7. The number of thiazole rings is 1. The predicted octanol–water partition coefficient (Wildman–Crippen LogP) is 3.36. The van der Waals surface area contributed by atoms with Gasteiger partial charge in [0.2, 0.25) is 11.7 Å². The Hall–Kier alpha value is -3.63. The number of methoxy groups -OCH3 is 3. The number of aromatic nitrogens is 1. The molecule has 0 aliphatic carbocycles. The van der Waals surface area contributed by atoms with E-state index in [1.807, 2.05) is 17.0 Å². The van der Waals surface area contributed by atoms with E-state index >= 15 is 0 Å². The monoisotopic (exact) mass is 496 g/mol. The second-order valence-corrected chi connectivity index (χ2v) is 9.11. The van der Waals surface area contributed by atoms with Crippen LogP contribution in [0.2, 0.25) is 0 Å². The normalized spacial score (nSPS) is 14.3. The fourth-order valence-corrected chi connectivity index (χ4v) is 4.73. The molecule has 0 unspecified atom stereocenters. The van der Waals surface area contributed by atoms with Crippen LogP contribution in [0.5, 0.6) is 17.2 Å². The molecule has 35 heavy (non-hydrogen) atoms. The number of rotatable bonds is 7. The van der Waals surface area contributed by atoms with Crippen molar-refractivity contribution in [2.75, 3.05) is 59.9 Å². The Kier molecular flexibility index (Phi) is 7.52. The van der Waals surface area contributed by atoms with Gasteiger partial charge in [-0.05, 0) is 49.0 Å². The molecule has 4 rings (SSSR count). The van der Waals surface area contributed by atoms with Crippen LogP contribution in [0.25, 0.3) is 16.3 Å². The summed E-state index contributed by atoms with van der Waals surface area (Å²) in [6.45, 7) is 3.17. The van der Waals surface area contributed by atoms with Crippen LogP contribution in [0.1, 0.15) is 15.9 Å². The first-order chi connectivity index (χ1) is 16.9. The van der Waals surface area contributed by atoms with Crippen LogP contribution in [0.15, 0.2) is 36.4 Å². The largest absolute Gasteiger partial charge is 0.493 e. The van der Waals surface area contributed by atoms with Crippen LogP contribution >= 0.6 is 11.3 Å². The number of fused-ring (bicyclic) bond motifs is 1. The summed E-state index contributed by atoms with van der Waals surface area (Å²) in [5.74, 6) is 1.18. The predicted molar refractivity (Wildman–Crippen MR) is 137 cm³/mol. The highest BCUT2D eigenvalue weighted by atomic mass is 32.1. The number of carbonyl (C=O) groups excluding carboxylic acids is 2. The Morgan fingerprint density at radius 1 is 1.00 bits per heavy atom. The molecule has 10 heteroatoms. The number of carbonyl (C=O) groups is 2. The topological polar surface area (TPSA) is 93.2 Å². The van der Waals surface area contributed by atoms with E-state index in [0.29, 0.717) is 33.5 Å². The van der Waals surface area contributed by atoms with Crippen molar-refractivity contribution in [3.63, 3.8) is 0 Å². The molecule has 0 bridgehead atoms. The van der Waals surface area contributed by atoms with E-state index in [-0.39, 0.29) is 11.8 Å². The highest BCUT2D eigenvalue weighted by Crippen LogP contribution is 2.38. The third kappa shape index (κ3) is 5.55. The van der Waals surface area contributed by atoms with Crippen molar-refractivity contribution in [1.82, 2.24) is 14.8 Å². The third-order valence-electron chi connectivity index (χ3n) is 5.77. The van der Waals surface area contributed by atoms with E-state index in [1.54, 1.807) is 24.3 Å². The highest BCUT2D eigenvalue weighted by molar-refractivity contribution is 7.22. The van der Waals surface area contributed by atoms with Crippen LogP contribution in [-0.4, -0.2) is 81.2 Å². The fourth-order valence-electron chi connectivity index (χ4n) is 3.82. The number of benzene rings is 2. The zero-order chi connectivity index (χ0) is 24.9. The maximum Gasteiger partial charge on any atom is 0.253 e. The Morgan fingerprint density at radius 3 is 2.31 bits per heavy atom. The lowest BCUT2D eigenvalue weighted by molar-refractivity contribution is -0.111. The average Bonchev–Trinajstić information content (AvgIpc) is 3.28. The number of piperazine rings is 1. The van der Waals surface area contributed by atoms with Gasteiger partial charge in [-0.2, -0.15) is 0 Å². The van der Waals surface area contributed by atoms with E-state index in [0.717, 1.165) is 36.4 Å². The molecular formula is C25H28N4O5S. The number of nitrogens with one attached hydrogen (secondary N) is 1. The van der Waals surface area contributed by atoms with Gasteiger partial charge in [-0.15, -0.1) is 0 Å². The van der Waals surface area contributed by atoms with Crippen molar-refractivity contribution in [2.45, 2.75) is 0 Å². The number of hydrogen-bond donors (Lipinski definition) is 1.